The molecule has 1 saturated heterocycles. The van der Waals surface area contributed by atoms with Crippen LogP contribution in [0.3, 0.4) is 0 Å². The zero-order valence-electron chi connectivity index (χ0n) is 9.92. The highest BCUT2D eigenvalue weighted by Gasteiger charge is 2.10. The standard InChI is InChI=1S/C11H25NS2/c1-14(2,3)11-5-4-6-12-7-9-13-10-8-12/h4-11H2,1-3H3. The molecule has 0 bridgehead atoms. The second kappa shape index (κ2) is 6.29. The van der Waals surface area contributed by atoms with Crippen molar-refractivity contribution in [2.24, 2.45) is 0 Å². The molecule has 86 valence electrons. The highest BCUT2D eigenvalue weighted by molar-refractivity contribution is 8.32. The lowest BCUT2D eigenvalue weighted by Crippen LogP contribution is -2.33. The highest BCUT2D eigenvalue weighted by Crippen LogP contribution is 2.35. The maximum absolute atomic E-state index is 2.63. The van der Waals surface area contributed by atoms with Gasteiger partial charge in [0.15, 0.2) is 0 Å². The summed E-state index contributed by atoms with van der Waals surface area (Å²) in [5.74, 6) is 4.16. The molecule has 0 atom stereocenters. The first-order chi connectivity index (χ1) is 6.58. The van der Waals surface area contributed by atoms with Crippen molar-refractivity contribution in [1.82, 2.24) is 4.90 Å². The third-order valence-electron chi connectivity index (χ3n) is 2.58. The van der Waals surface area contributed by atoms with Gasteiger partial charge in [-0.15, -0.1) is 0 Å². The number of unbranched alkanes of at least 4 members (excludes halogenated alkanes) is 1. The molecule has 0 radical (unpaired) electrons. The van der Waals surface area contributed by atoms with Crippen molar-refractivity contribution in [3.8, 4) is 0 Å². The minimum Gasteiger partial charge on any atom is -0.302 e. The van der Waals surface area contributed by atoms with E-state index in [1.165, 1.54) is 49.7 Å². The van der Waals surface area contributed by atoms with Gasteiger partial charge < -0.3 is 4.90 Å². The normalized spacial score (nSPS) is 21.1. The Balaban J connectivity index is 1.97. The van der Waals surface area contributed by atoms with Gasteiger partial charge >= 0.3 is 0 Å². The van der Waals surface area contributed by atoms with E-state index in [1.807, 2.05) is 0 Å². The molecule has 1 fully saturated rings. The number of rotatable bonds is 5. The van der Waals surface area contributed by atoms with E-state index in [4.69, 9.17) is 0 Å². The summed E-state index contributed by atoms with van der Waals surface area (Å²) in [4.78, 5) is 2.63. The quantitative estimate of drug-likeness (QED) is 0.674. The van der Waals surface area contributed by atoms with Gasteiger partial charge in [0.05, 0.1) is 0 Å². The summed E-state index contributed by atoms with van der Waals surface area (Å²) >= 11 is 2.10. The maximum atomic E-state index is 2.63. The molecule has 0 aromatic rings. The van der Waals surface area contributed by atoms with Gasteiger partial charge in [-0.25, -0.2) is 10.0 Å². The van der Waals surface area contributed by atoms with Gasteiger partial charge in [0.25, 0.3) is 0 Å². The zero-order chi connectivity index (χ0) is 10.4. The van der Waals surface area contributed by atoms with Crippen LogP contribution >= 0.6 is 21.8 Å². The molecule has 0 aliphatic carbocycles. The van der Waals surface area contributed by atoms with Gasteiger partial charge in [0, 0.05) is 24.6 Å². The lowest BCUT2D eigenvalue weighted by molar-refractivity contribution is 0.298. The maximum Gasteiger partial charge on any atom is 0.00727 e. The van der Waals surface area contributed by atoms with Crippen LogP contribution in [0.2, 0.25) is 0 Å². The van der Waals surface area contributed by atoms with E-state index < -0.39 is 0 Å². The number of hydrogen-bond donors (Lipinski definition) is 0. The van der Waals surface area contributed by atoms with Crippen LogP contribution in [0, 0.1) is 0 Å². The summed E-state index contributed by atoms with van der Waals surface area (Å²) < 4.78 is 0. The number of hydrogen-bond acceptors (Lipinski definition) is 2. The summed E-state index contributed by atoms with van der Waals surface area (Å²) in [6, 6.07) is 0. The summed E-state index contributed by atoms with van der Waals surface area (Å²) in [6.45, 7) is 4.00. The predicted molar refractivity (Wildman–Crippen MR) is 73.2 cm³/mol. The molecule has 0 unspecified atom stereocenters. The van der Waals surface area contributed by atoms with Crippen LogP contribution in [0.25, 0.3) is 0 Å². The number of thioether (sulfide) groups is 1. The van der Waals surface area contributed by atoms with Crippen LogP contribution in [0.4, 0.5) is 0 Å². The van der Waals surface area contributed by atoms with Gasteiger partial charge in [-0.1, -0.05) is 0 Å². The molecular formula is C11H25NS2. The summed E-state index contributed by atoms with van der Waals surface area (Å²) in [5, 5.41) is 0. The van der Waals surface area contributed by atoms with Gasteiger partial charge in [-0.2, -0.15) is 11.8 Å². The van der Waals surface area contributed by atoms with E-state index >= 15 is 0 Å². The Morgan fingerprint density at radius 2 is 1.71 bits per heavy atom. The second-order valence-corrected chi connectivity index (χ2v) is 10.8. The first-order valence-electron chi connectivity index (χ1n) is 5.54. The van der Waals surface area contributed by atoms with Crippen molar-refractivity contribution < 1.29 is 0 Å². The van der Waals surface area contributed by atoms with Crippen LogP contribution in [0.1, 0.15) is 12.8 Å². The second-order valence-electron chi connectivity index (χ2n) is 4.96. The van der Waals surface area contributed by atoms with E-state index in [0.29, 0.717) is 0 Å². The van der Waals surface area contributed by atoms with Crippen molar-refractivity contribution in [1.29, 1.82) is 0 Å². The molecule has 1 rings (SSSR count). The van der Waals surface area contributed by atoms with Crippen molar-refractivity contribution in [2.75, 3.05) is 55.7 Å². The Morgan fingerprint density at radius 1 is 1.07 bits per heavy atom. The Bertz CT molecular complexity index is 148. The van der Waals surface area contributed by atoms with E-state index in [1.54, 1.807) is 0 Å². The molecule has 1 aliphatic rings. The number of nitrogens with zero attached hydrogens (tertiary/aromatic N) is 1. The van der Waals surface area contributed by atoms with Crippen molar-refractivity contribution in [3.63, 3.8) is 0 Å². The lowest BCUT2D eigenvalue weighted by atomic mass is 10.3. The predicted octanol–water partition coefficient (Wildman–Crippen LogP) is 2.51. The molecule has 0 aromatic heterocycles. The molecule has 0 amide bonds. The smallest absolute Gasteiger partial charge is 0.00727 e. The average molecular weight is 235 g/mol. The van der Waals surface area contributed by atoms with Gasteiger partial charge in [-0.3, -0.25) is 0 Å². The van der Waals surface area contributed by atoms with E-state index in [2.05, 4.69) is 35.4 Å². The van der Waals surface area contributed by atoms with Crippen molar-refractivity contribution in [3.05, 3.63) is 0 Å². The Labute approximate surface area is 95.3 Å². The molecule has 0 aromatic carbocycles. The van der Waals surface area contributed by atoms with Crippen LogP contribution in [-0.4, -0.2) is 60.6 Å². The van der Waals surface area contributed by atoms with Gasteiger partial charge in [0.1, 0.15) is 0 Å². The van der Waals surface area contributed by atoms with Crippen LogP contribution in [0.15, 0.2) is 0 Å². The first kappa shape index (κ1) is 12.7. The fraction of sp³-hybridized carbons (Fsp3) is 1.00. The van der Waals surface area contributed by atoms with E-state index in [0.717, 1.165) is 0 Å². The minimum atomic E-state index is -0.250. The summed E-state index contributed by atoms with van der Waals surface area (Å²) in [6.07, 6.45) is 10.1. The zero-order valence-corrected chi connectivity index (χ0v) is 11.6. The third-order valence-corrected chi connectivity index (χ3v) is 5.04. The third kappa shape index (κ3) is 6.20. The molecule has 1 nitrogen and oxygen atoms in total. The molecule has 0 spiro atoms. The average Bonchev–Trinajstić information content (AvgIpc) is 2.13. The van der Waals surface area contributed by atoms with Gasteiger partial charge in [0.2, 0.25) is 0 Å². The van der Waals surface area contributed by atoms with E-state index in [9.17, 15) is 0 Å². The molecule has 0 N–H and O–H groups in total. The molecular weight excluding hydrogens is 210 g/mol. The molecule has 1 heterocycles. The molecule has 3 heteroatoms. The fourth-order valence-electron chi connectivity index (χ4n) is 1.70. The van der Waals surface area contributed by atoms with Crippen LogP contribution in [-0.2, 0) is 0 Å². The van der Waals surface area contributed by atoms with E-state index in [-0.39, 0.29) is 10.0 Å². The Kier molecular flexibility index (Phi) is 5.72. The van der Waals surface area contributed by atoms with Crippen molar-refractivity contribution in [2.45, 2.75) is 12.8 Å². The molecule has 1 aliphatic heterocycles. The topological polar surface area (TPSA) is 3.24 Å². The Morgan fingerprint density at radius 3 is 2.29 bits per heavy atom. The van der Waals surface area contributed by atoms with Crippen molar-refractivity contribution >= 4 is 21.8 Å². The Hall–Kier alpha value is 0.660. The molecule has 0 saturated carbocycles. The molecule has 14 heavy (non-hydrogen) atoms. The lowest BCUT2D eigenvalue weighted by Gasteiger charge is -2.28. The summed E-state index contributed by atoms with van der Waals surface area (Å²) in [7, 11) is -0.250. The summed E-state index contributed by atoms with van der Waals surface area (Å²) in [5.41, 5.74) is 0. The highest BCUT2D eigenvalue weighted by atomic mass is 32.3. The van der Waals surface area contributed by atoms with Gasteiger partial charge in [-0.05, 0) is 43.9 Å². The van der Waals surface area contributed by atoms with Crippen LogP contribution in [0.5, 0.6) is 0 Å². The monoisotopic (exact) mass is 235 g/mol. The van der Waals surface area contributed by atoms with Crippen LogP contribution < -0.4 is 0 Å². The first-order valence-corrected chi connectivity index (χ1v) is 9.72. The SMILES string of the molecule is CS(C)(C)CCCCN1CCSCC1. The fourth-order valence-corrected chi connectivity index (χ4v) is 3.74. The largest absolute Gasteiger partial charge is 0.302 e. The minimum absolute atomic E-state index is 0.250.